The van der Waals surface area contributed by atoms with Crippen LogP contribution in [0.2, 0.25) is 0 Å². The van der Waals surface area contributed by atoms with Gasteiger partial charge in [0.15, 0.2) is 5.78 Å². The fraction of sp³-hybridized carbons (Fsp3) is 0.400. The van der Waals surface area contributed by atoms with Gasteiger partial charge >= 0.3 is 0 Å². The van der Waals surface area contributed by atoms with E-state index in [0.717, 1.165) is 12.8 Å². The lowest BCUT2D eigenvalue weighted by Crippen LogP contribution is -2.00. The Balaban J connectivity index is 2.71. The quantitative estimate of drug-likeness (QED) is 0.599. The summed E-state index contributed by atoms with van der Waals surface area (Å²) in [5.74, 6) is 0.168. The van der Waals surface area contributed by atoms with Crippen molar-refractivity contribution in [3.63, 3.8) is 0 Å². The van der Waals surface area contributed by atoms with Crippen LogP contribution in [-0.2, 0) is 0 Å². The molecule has 0 aliphatic rings. The first kappa shape index (κ1) is 10.4. The minimum atomic E-state index is 0.168. The summed E-state index contributed by atoms with van der Waals surface area (Å²) in [5.41, 5.74) is 0.691. The minimum absolute atomic E-state index is 0.168. The van der Waals surface area contributed by atoms with Crippen molar-refractivity contribution in [3.8, 4) is 0 Å². The van der Waals surface area contributed by atoms with Gasteiger partial charge in [-0.2, -0.15) is 0 Å². The highest BCUT2D eigenvalue weighted by atomic mass is 79.9. The van der Waals surface area contributed by atoms with Gasteiger partial charge in [-0.05, 0) is 34.5 Å². The number of nitrogens with zero attached hydrogens (tertiary/aromatic N) is 1. The smallest absolute Gasteiger partial charge is 0.165 e. The molecule has 70 valence electrons. The number of carbonyl (C=O) groups is 1. The van der Waals surface area contributed by atoms with Gasteiger partial charge in [0.1, 0.15) is 4.60 Å². The molecule has 0 unspecified atom stereocenters. The van der Waals surface area contributed by atoms with Gasteiger partial charge in [-0.3, -0.25) is 4.79 Å². The van der Waals surface area contributed by atoms with Crippen LogP contribution >= 0.6 is 15.9 Å². The summed E-state index contributed by atoms with van der Waals surface area (Å²) in [5, 5.41) is 0. The van der Waals surface area contributed by atoms with Gasteiger partial charge in [-0.1, -0.05) is 13.3 Å². The Morgan fingerprint density at radius 1 is 1.62 bits per heavy atom. The number of carbonyl (C=O) groups excluding carboxylic acids is 1. The molecule has 3 heteroatoms. The zero-order valence-corrected chi connectivity index (χ0v) is 9.17. The summed E-state index contributed by atoms with van der Waals surface area (Å²) >= 11 is 3.26. The van der Waals surface area contributed by atoms with Crippen LogP contribution in [0, 0.1) is 0 Å². The Hall–Kier alpha value is -0.700. The molecule has 0 radical (unpaired) electrons. The van der Waals surface area contributed by atoms with Gasteiger partial charge in [-0.15, -0.1) is 0 Å². The van der Waals surface area contributed by atoms with E-state index in [1.54, 1.807) is 18.3 Å². The summed E-state index contributed by atoms with van der Waals surface area (Å²) in [6, 6.07) is 3.58. The fourth-order valence-corrected chi connectivity index (χ4v) is 1.54. The van der Waals surface area contributed by atoms with Crippen LogP contribution in [0.1, 0.15) is 36.5 Å². The molecule has 0 spiro atoms. The molecule has 0 saturated carbocycles. The van der Waals surface area contributed by atoms with Crippen LogP contribution in [-0.4, -0.2) is 10.8 Å². The lowest BCUT2D eigenvalue weighted by Gasteiger charge is -2.00. The van der Waals surface area contributed by atoms with E-state index in [2.05, 4.69) is 27.8 Å². The standard InChI is InChI=1S/C10H12BrNO/c1-2-3-6-9(13)8-5-4-7-12-10(8)11/h4-5,7H,2-3,6H2,1H3. The Morgan fingerprint density at radius 2 is 2.38 bits per heavy atom. The van der Waals surface area contributed by atoms with E-state index in [9.17, 15) is 4.79 Å². The van der Waals surface area contributed by atoms with E-state index in [4.69, 9.17) is 0 Å². The van der Waals surface area contributed by atoms with Gasteiger partial charge in [0.2, 0.25) is 0 Å². The number of pyridine rings is 1. The molecule has 2 nitrogen and oxygen atoms in total. The van der Waals surface area contributed by atoms with Crippen LogP contribution in [0.15, 0.2) is 22.9 Å². The minimum Gasteiger partial charge on any atom is -0.294 e. The highest BCUT2D eigenvalue weighted by Crippen LogP contribution is 2.15. The van der Waals surface area contributed by atoms with Crippen molar-refractivity contribution >= 4 is 21.7 Å². The number of hydrogen-bond donors (Lipinski definition) is 0. The molecule has 0 saturated heterocycles. The summed E-state index contributed by atoms with van der Waals surface area (Å²) in [6.45, 7) is 2.07. The van der Waals surface area contributed by atoms with Gasteiger partial charge in [0.05, 0.1) is 5.56 Å². The number of halogens is 1. The summed E-state index contributed by atoms with van der Waals surface area (Å²) in [6.07, 6.45) is 4.27. The maximum Gasteiger partial charge on any atom is 0.165 e. The molecular weight excluding hydrogens is 230 g/mol. The number of unbranched alkanes of at least 4 members (excludes halogenated alkanes) is 1. The van der Waals surface area contributed by atoms with Crippen LogP contribution in [0.5, 0.6) is 0 Å². The average Bonchev–Trinajstić information content (AvgIpc) is 2.15. The maximum absolute atomic E-state index is 11.6. The topological polar surface area (TPSA) is 30.0 Å². The van der Waals surface area contributed by atoms with Crippen molar-refractivity contribution in [1.29, 1.82) is 0 Å². The molecule has 0 atom stereocenters. The third-order valence-electron chi connectivity index (χ3n) is 1.82. The summed E-state index contributed by atoms with van der Waals surface area (Å²) in [4.78, 5) is 15.6. The molecule has 0 fully saturated rings. The lowest BCUT2D eigenvalue weighted by molar-refractivity contribution is 0.0978. The molecule has 1 aromatic rings. The molecule has 0 N–H and O–H groups in total. The van der Waals surface area contributed by atoms with E-state index in [1.165, 1.54) is 0 Å². The zero-order chi connectivity index (χ0) is 9.68. The number of ketones is 1. The summed E-state index contributed by atoms with van der Waals surface area (Å²) < 4.78 is 0.649. The molecule has 0 bridgehead atoms. The Labute approximate surface area is 86.5 Å². The molecule has 13 heavy (non-hydrogen) atoms. The second-order valence-electron chi connectivity index (χ2n) is 2.87. The maximum atomic E-state index is 11.6. The molecular formula is C10H12BrNO. The number of hydrogen-bond acceptors (Lipinski definition) is 2. The van der Waals surface area contributed by atoms with Crippen molar-refractivity contribution in [2.24, 2.45) is 0 Å². The van der Waals surface area contributed by atoms with Gasteiger partial charge in [0.25, 0.3) is 0 Å². The van der Waals surface area contributed by atoms with Gasteiger partial charge in [-0.25, -0.2) is 4.98 Å². The SMILES string of the molecule is CCCCC(=O)c1cccnc1Br. The molecule has 1 heterocycles. The Kier molecular flexibility index (Phi) is 4.09. The van der Waals surface area contributed by atoms with Crippen LogP contribution < -0.4 is 0 Å². The Morgan fingerprint density at radius 3 is 3.00 bits per heavy atom. The number of Topliss-reactive ketones (excluding diaryl/α,β-unsaturated/α-hetero) is 1. The molecule has 0 aliphatic heterocycles. The second kappa shape index (κ2) is 5.12. The van der Waals surface area contributed by atoms with Crippen LogP contribution in [0.3, 0.4) is 0 Å². The zero-order valence-electron chi connectivity index (χ0n) is 7.59. The molecule has 0 aromatic carbocycles. The van der Waals surface area contributed by atoms with Gasteiger partial charge in [0, 0.05) is 12.6 Å². The molecule has 0 aliphatic carbocycles. The van der Waals surface area contributed by atoms with Crippen LogP contribution in [0.25, 0.3) is 0 Å². The van der Waals surface area contributed by atoms with E-state index in [-0.39, 0.29) is 5.78 Å². The lowest BCUT2D eigenvalue weighted by atomic mass is 10.1. The normalized spacial score (nSPS) is 10.0. The first-order valence-corrected chi connectivity index (χ1v) is 5.18. The molecule has 1 rings (SSSR count). The van der Waals surface area contributed by atoms with Crippen LogP contribution in [0.4, 0.5) is 0 Å². The molecule has 0 amide bonds. The van der Waals surface area contributed by atoms with E-state index < -0.39 is 0 Å². The van der Waals surface area contributed by atoms with Crippen molar-refractivity contribution in [1.82, 2.24) is 4.98 Å². The monoisotopic (exact) mass is 241 g/mol. The van der Waals surface area contributed by atoms with Crippen molar-refractivity contribution < 1.29 is 4.79 Å². The predicted molar refractivity (Wildman–Crippen MR) is 55.8 cm³/mol. The predicted octanol–water partition coefficient (Wildman–Crippen LogP) is 3.22. The van der Waals surface area contributed by atoms with E-state index >= 15 is 0 Å². The highest BCUT2D eigenvalue weighted by Gasteiger charge is 2.08. The average molecular weight is 242 g/mol. The second-order valence-corrected chi connectivity index (χ2v) is 3.62. The first-order chi connectivity index (χ1) is 6.25. The number of rotatable bonds is 4. The van der Waals surface area contributed by atoms with Crippen molar-refractivity contribution in [2.45, 2.75) is 26.2 Å². The first-order valence-electron chi connectivity index (χ1n) is 4.39. The highest BCUT2D eigenvalue weighted by molar-refractivity contribution is 9.10. The number of aromatic nitrogens is 1. The fourth-order valence-electron chi connectivity index (χ4n) is 1.07. The largest absolute Gasteiger partial charge is 0.294 e. The van der Waals surface area contributed by atoms with E-state index in [1.807, 2.05) is 0 Å². The van der Waals surface area contributed by atoms with E-state index in [0.29, 0.717) is 16.6 Å². The third kappa shape index (κ3) is 2.92. The van der Waals surface area contributed by atoms with Crippen molar-refractivity contribution in [2.75, 3.05) is 0 Å². The third-order valence-corrected chi connectivity index (χ3v) is 2.45. The molecule has 1 aromatic heterocycles. The van der Waals surface area contributed by atoms with Crippen molar-refractivity contribution in [3.05, 3.63) is 28.5 Å². The summed E-state index contributed by atoms with van der Waals surface area (Å²) in [7, 11) is 0. The van der Waals surface area contributed by atoms with Gasteiger partial charge < -0.3 is 0 Å². The Bertz CT molecular complexity index is 299.